The van der Waals surface area contributed by atoms with Gasteiger partial charge in [0.1, 0.15) is 11.1 Å². The summed E-state index contributed by atoms with van der Waals surface area (Å²) >= 11 is 1.46. The van der Waals surface area contributed by atoms with Gasteiger partial charge >= 0.3 is 0 Å². The first-order valence-corrected chi connectivity index (χ1v) is 12.3. The van der Waals surface area contributed by atoms with Gasteiger partial charge in [0.15, 0.2) is 5.16 Å². The summed E-state index contributed by atoms with van der Waals surface area (Å²) in [6.07, 6.45) is 0.906. The molecule has 8 heteroatoms. The minimum absolute atomic E-state index is 0.185. The Morgan fingerprint density at radius 2 is 1.67 bits per heavy atom. The van der Waals surface area contributed by atoms with Gasteiger partial charge in [-0.25, -0.2) is 23.5 Å². The molecule has 0 fully saturated rings. The molecule has 2 aromatic carbocycles. The van der Waals surface area contributed by atoms with Gasteiger partial charge in [-0.3, -0.25) is 0 Å². The van der Waals surface area contributed by atoms with Gasteiger partial charge in [-0.1, -0.05) is 79.3 Å². The van der Waals surface area contributed by atoms with Gasteiger partial charge in [0, 0.05) is 17.9 Å². The fourth-order valence-electron chi connectivity index (χ4n) is 2.95. The second-order valence-corrected chi connectivity index (χ2v) is 9.66. The highest BCUT2D eigenvalue weighted by molar-refractivity contribution is 7.98. The lowest BCUT2D eigenvalue weighted by atomic mass is 10.1. The number of thioether (sulfide) groups is 1. The smallest absolute Gasteiger partial charge is 0.221 e. The first-order valence-electron chi connectivity index (χ1n) is 9.75. The summed E-state index contributed by atoms with van der Waals surface area (Å²) in [7, 11) is -3.93. The van der Waals surface area contributed by atoms with E-state index in [0.717, 1.165) is 12.0 Å². The Kier molecular flexibility index (Phi) is 7.47. The molecule has 30 heavy (non-hydrogen) atoms. The predicted octanol–water partition coefficient (Wildman–Crippen LogP) is 4.36. The van der Waals surface area contributed by atoms with E-state index < -0.39 is 15.3 Å². The Morgan fingerprint density at radius 1 is 1.03 bits per heavy atom. The fraction of sp³-hybridized carbons (Fsp3) is 0.273. The predicted molar refractivity (Wildman–Crippen MR) is 123 cm³/mol. The molecule has 3 aromatic rings. The van der Waals surface area contributed by atoms with E-state index in [9.17, 15) is 8.42 Å². The Bertz CT molecular complexity index is 1060. The molecule has 3 rings (SSSR count). The number of rotatable bonds is 9. The van der Waals surface area contributed by atoms with Crippen molar-refractivity contribution in [2.75, 3.05) is 5.32 Å². The quantitative estimate of drug-likeness (QED) is 0.377. The van der Waals surface area contributed by atoms with Crippen LogP contribution >= 0.6 is 11.8 Å². The summed E-state index contributed by atoms with van der Waals surface area (Å²) in [5.74, 6) is 1.27. The lowest BCUT2D eigenvalue weighted by molar-refractivity contribution is 0.589. The molecule has 2 atom stereocenters. The molecule has 3 N–H and O–H groups in total. The third kappa shape index (κ3) is 6.04. The maximum Gasteiger partial charge on any atom is 0.221 e. The molecule has 0 saturated carbocycles. The molecule has 0 bridgehead atoms. The minimum Gasteiger partial charge on any atom is -0.367 e. The fourth-order valence-corrected chi connectivity index (χ4v) is 4.76. The Morgan fingerprint density at radius 3 is 2.27 bits per heavy atom. The van der Waals surface area contributed by atoms with Gasteiger partial charge < -0.3 is 5.32 Å². The zero-order valence-electron chi connectivity index (χ0n) is 17.0. The summed E-state index contributed by atoms with van der Waals surface area (Å²) < 4.78 is 25.0. The van der Waals surface area contributed by atoms with Crippen LogP contribution in [0.25, 0.3) is 0 Å². The van der Waals surface area contributed by atoms with Gasteiger partial charge in [0.2, 0.25) is 10.0 Å². The standard InChI is InChI=1S/C22H26N4O2S2/c1-3-16(2)24-20-14-19(21(30(23,27)28)18-12-8-5-9-13-18)25-22(26-20)29-15-17-10-6-4-7-11-17/h4-14,16,21H,3,15H2,1-2H3,(H2,23,27,28)(H,24,25,26)/t16-,21-/m1/s1. The molecule has 0 aliphatic heterocycles. The van der Waals surface area contributed by atoms with Crippen LogP contribution in [0, 0.1) is 0 Å². The normalized spacial score (nSPS) is 13.6. The van der Waals surface area contributed by atoms with E-state index in [1.807, 2.05) is 43.3 Å². The number of hydrogen-bond acceptors (Lipinski definition) is 6. The summed E-state index contributed by atoms with van der Waals surface area (Å²) in [5, 5.41) is 8.40. The van der Waals surface area contributed by atoms with Crippen LogP contribution in [0.3, 0.4) is 0 Å². The van der Waals surface area contributed by atoms with Crippen LogP contribution in [0.5, 0.6) is 0 Å². The zero-order chi connectivity index (χ0) is 21.6. The number of nitrogens with zero attached hydrogens (tertiary/aromatic N) is 2. The van der Waals surface area contributed by atoms with Crippen molar-refractivity contribution in [2.45, 2.75) is 42.5 Å². The highest BCUT2D eigenvalue weighted by Crippen LogP contribution is 2.31. The van der Waals surface area contributed by atoms with Crippen molar-refractivity contribution in [1.82, 2.24) is 9.97 Å². The molecule has 6 nitrogen and oxygen atoms in total. The number of hydrogen-bond donors (Lipinski definition) is 2. The second kappa shape index (κ2) is 10.1. The average molecular weight is 443 g/mol. The Balaban J connectivity index is 2.01. The molecule has 0 aliphatic carbocycles. The lowest BCUT2D eigenvalue weighted by Gasteiger charge is -2.18. The first kappa shape index (κ1) is 22.3. The Hall–Kier alpha value is -2.42. The highest BCUT2D eigenvalue weighted by Gasteiger charge is 2.28. The molecule has 158 valence electrons. The van der Waals surface area contributed by atoms with Gasteiger partial charge in [0.05, 0.1) is 5.69 Å². The number of aromatic nitrogens is 2. The molecule has 0 radical (unpaired) electrons. The van der Waals surface area contributed by atoms with Crippen molar-refractivity contribution in [3.8, 4) is 0 Å². The maximum atomic E-state index is 12.5. The number of nitrogens with two attached hydrogens (primary N) is 1. The van der Waals surface area contributed by atoms with Crippen molar-refractivity contribution < 1.29 is 8.42 Å². The maximum absolute atomic E-state index is 12.5. The van der Waals surface area contributed by atoms with Gasteiger partial charge in [-0.2, -0.15) is 0 Å². The third-order valence-electron chi connectivity index (χ3n) is 4.64. The van der Waals surface area contributed by atoms with E-state index in [-0.39, 0.29) is 6.04 Å². The van der Waals surface area contributed by atoms with Gasteiger partial charge in [-0.15, -0.1) is 0 Å². The molecule has 1 heterocycles. The highest BCUT2D eigenvalue weighted by atomic mass is 32.2. The molecule has 0 aliphatic rings. The van der Waals surface area contributed by atoms with Crippen LogP contribution in [0.15, 0.2) is 71.9 Å². The van der Waals surface area contributed by atoms with Gasteiger partial charge in [-0.05, 0) is 24.5 Å². The van der Waals surface area contributed by atoms with Crippen molar-refractivity contribution in [3.05, 3.63) is 83.6 Å². The van der Waals surface area contributed by atoms with Crippen molar-refractivity contribution in [3.63, 3.8) is 0 Å². The van der Waals surface area contributed by atoms with Crippen LogP contribution < -0.4 is 10.5 Å². The third-order valence-corrected chi connectivity index (χ3v) is 6.73. The monoisotopic (exact) mass is 442 g/mol. The number of benzene rings is 2. The van der Waals surface area contributed by atoms with Crippen LogP contribution in [0.4, 0.5) is 5.82 Å². The molecule has 0 spiro atoms. The number of primary sulfonamides is 1. The summed E-state index contributed by atoms with van der Waals surface area (Å²) in [6, 6.07) is 20.8. The number of anilines is 1. The molecular weight excluding hydrogens is 416 g/mol. The number of sulfonamides is 1. The molecule has 0 amide bonds. The largest absolute Gasteiger partial charge is 0.367 e. The van der Waals surface area contributed by atoms with Gasteiger partial charge in [0.25, 0.3) is 0 Å². The number of nitrogens with one attached hydrogen (secondary N) is 1. The summed E-state index contributed by atoms with van der Waals surface area (Å²) in [4.78, 5) is 9.18. The zero-order valence-corrected chi connectivity index (χ0v) is 18.7. The van der Waals surface area contributed by atoms with Crippen LogP contribution in [-0.2, 0) is 15.8 Å². The van der Waals surface area contributed by atoms with E-state index in [2.05, 4.69) is 22.2 Å². The van der Waals surface area contributed by atoms with E-state index >= 15 is 0 Å². The minimum atomic E-state index is -3.93. The van der Waals surface area contributed by atoms with E-state index in [0.29, 0.717) is 28.0 Å². The first-order chi connectivity index (χ1) is 14.4. The van der Waals surface area contributed by atoms with Crippen molar-refractivity contribution in [1.29, 1.82) is 0 Å². The van der Waals surface area contributed by atoms with Crippen LogP contribution in [0.2, 0.25) is 0 Å². The SMILES string of the molecule is CC[C@@H](C)Nc1cc([C@@H](c2ccccc2)S(N)(=O)=O)nc(SCc2ccccc2)n1. The topological polar surface area (TPSA) is 98.0 Å². The average Bonchev–Trinajstić information content (AvgIpc) is 2.73. The lowest BCUT2D eigenvalue weighted by Crippen LogP contribution is -2.24. The van der Waals surface area contributed by atoms with E-state index in [4.69, 9.17) is 5.14 Å². The van der Waals surface area contributed by atoms with E-state index in [1.165, 1.54) is 11.8 Å². The van der Waals surface area contributed by atoms with E-state index in [1.54, 1.807) is 30.3 Å². The summed E-state index contributed by atoms with van der Waals surface area (Å²) in [5.41, 5.74) is 2.08. The second-order valence-electron chi connectivity index (χ2n) is 7.07. The van der Waals surface area contributed by atoms with Crippen molar-refractivity contribution in [2.24, 2.45) is 5.14 Å². The molecule has 0 unspecified atom stereocenters. The van der Waals surface area contributed by atoms with Crippen LogP contribution in [-0.4, -0.2) is 24.4 Å². The van der Waals surface area contributed by atoms with Crippen LogP contribution in [0.1, 0.15) is 42.3 Å². The Labute approximate surface area is 182 Å². The molecular formula is C22H26N4O2S2. The van der Waals surface area contributed by atoms with Crippen molar-refractivity contribution >= 4 is 27.6 Å². The summed E-state index contributed by atoms with van der Waals surface area (Å²) in [6.45, 7) is 4.12. The molecule has 0 saturated heterocycles. The molecule has 1 aromatic heterocycles.